The van der Waals surface area contributed by atoms with E-state index in [4.69, 9.17) is 10.2 Å². The maximum Gasteiger partial charge on any atom is 0.267 e. The molecule has 1 aliphatic rings. The van der Waals surface area contributed by atoms with Crippen LogP contribution in [-0.2, 0) is 0 Å². The van der Waals surface area contributed by atoms with Crippen molar-refractivity contribution < 1.29 is 15.1 Å². The van der Waals surface area contributed by atoms with Crippen LogP contribution in [0.3, 0.4) is 0 Å². The number of allylic oxidation sites excluding steroid dienone is 3. The van der Waals surface area contributed by atoms with Crippen LogP contribution in [0.1, 0.15) is 19.8 Å². The smallest absolute Gasteiger partial charge is 0.267 e. The van der Waals surface area contributed by atoms with Gasteiger partial charge in [0, 0.05) is 18.7 Å². The summed E-state index contributed by atoms with van der Waals surface area (Å²) in [5, 5.41) is 30.8. The van der Waals surface area contributed by atoms with Gasteiger partial charge in [0.2, 0.25) is 5.91 Å². The molecule has 0 aromatic rings. The number of rotatable bonds is 3. The van der Waals surface area contributed by atoms with Gasteiger partial charge in [-0.25, -0.2) is 0 Å². The van der Waals surface area contributed by atoms with Crippen molar-refractivity contribution in [2.24, 2.45) is 0 Å². The zero-order valence-electron chi connectivity index (χ0n) is 7.73. The summed E-state index contributed by atoms with van der Waals surface area (Å²) in [7, 11) is 0. The predicted molar refractivity (Wildman–Crippen MR) is 48.4 cm³/mol. The summed E-state index contributed by atoms with van der Waals surface area (Å²) in [6.07, 6.45) is 3.85. The molecule has 0 radical (unpaired) electrons. The van der Waals surface area contributed by atoms with E-state index in [-0.39, 0.29) is 5.70 Å². The molecule has 0 unspecified atom stereocenters. The van der Waals surface area contributed by atoms with Crippen LogP contribution in [0.5, 0.6) is 0 Å². The summed E-state index contributed by atoms with van der Waals surface area (Å²) < 4.78 is 0. The van der Waals surface area contributed by atoms with Gasteiger partial charge in [-0.2, -0.15) is 0 Å². The first-order chi connectivity index (χ1) is 6.38. The van der Waals surface area contributed by atoms with Crippen molar-refractivity contribution in [2.75, 3.05) is 0 Å². The van der Waals surface area contributed by atoms with Crippen LogP contribution >= 0.6 is 0 Å². The third kappa shape index (κ3) is 3.15. The number of nitro groups is 1. The average Bonchev–Trinajstić information content (AvgIpc) is 2.01. The molecule has 0 saturated carbocycles. The summed E-state index contributed by atoms with van der Waals surface area (Å²) in [6.45, 7) is 1.15. The van der Waals surface area contributed by atoms with Crippen LogP contribution < -0.4 is 5.32 Å². The summed E-state index contributed by atoms with van der Waals surface area (Å²) in [5.41, 5.74) is 0.426. The van der Waals surface area contributed by atoms with Gasteiger partial charge < -0.3 is 15.5 Å². The van der Waals surface area contributed by atoms with Crippen molar-refractivity contribution in [1.82, 2.24) is 5.32 Å². The summed E-state index contributed by atoms with van der Waals surface area (Å²) in [4.78, 5) is 9.90. The monoisotopic (exact) mass is 200 g/mol. The Morgan fingerprint density at radius 2 is 2.29 bits per heavy atom. The highest BCUT2D eigenvalue weighted by Gasteiger charge is 2.20. The van der Waals surface area contributed by atoms with Gasteiger partial charge in [0.05, 0.1) is 4.92 Å². The van der Waals surface area contributed by atoms with E-state index in [0.29, 0.717) is 18.5 Å². The molecule has 0 aromatic carbocycles. The van der Waals surface area contributed by atoms with Crippen molar-refractivity contribution in [3.63, 3.8) is 0 Å². The highest BCUT2D eigenvalue weighted by Crippen LogP contribution is 2.16. The molecule has 0 aliphatic heterocycles. The maximum absolute atomic E-state index is 10.4. The topological polar surface area (TPSA) is 95.6 Å². The molecule has 0 spiro atoms. The van der Waals surface area contributed by atoms with Gasteiger partial charge in [-0.15, -0.1) is 0 Å². The minimum absolute atomic E-state index is 0.0250. The number of hydrogen-bond acceptors (Lipinski definition) is 5. The molecule has 1 aliphatic carbocycles. The molecule has 1 rings (SSSR count). The number of hydrogen-bond donors (Lipinski definition) is 3. The molecule has 0 amide bonds. The first-order valence-corrected chi connectivity index (χ1v) is 4.16. The molecule has 0 fully saturated rings. The van der Waals surface area contributed by atoms with E-state index in [1.54, 1.807) is 0 Å². The highest BCUT2D eigenvalue weighted by molar-refractivity contribution is 5.21. The van der Waals surface area contributed by atoms with Crippen LogP contribution in [0.25, 0.3) is 0 Å². The fraction of sp³-hybridized carbons (Fsp3) is 0.500. The van der Waals surface area contributed by atoms with Crippen LogP contribution in [0, 0.1) is 10.1 Å². The number of nitrogens with one attached hydrogen (secondary N) is 1. The van der Waals surface area contributed by atoms with E-state index in [1.807, 2.05) is 0 Å². The van der Waals surface area contributed by atoms with Gasteiger partial charge in [-0.05, 0) is 18.9 Å². The Labute approximate surface area is 80.7 Å². The largest absolute Gasteiger partial charge is 0.349 e. The van der Waals surface area contributed by atoms with Gasteiger partial charge in [-0.1, -0.05) is 0 Å². The summed E-state index contributed by atoms with van der Waals surface area (Å²) in [6, 6.07) is 0. The van der Waals surface area contributed by atoms with E-state index in [2.05, 4.69) is 5.32 Å². The van der Waals surface area contributed by atoms with Crippen LogP contribution in [0.2, 0.25) is 0 Å². The molecule has 3 N–H and O–H groups in total. The fourth-order valence-electron chi connectivity index (χ4n) is 1.22. The molecule has 6 heteroatoms. The van der Waals surface area contributed by atoms with Crippen molar-refractivity contribution in [3.05, 3.63) is 33.7 Å². The molecular formula is C8H12N2O4. The van der Waals surface area contributed by atoms with E-state index in [1.165, 1.54) is 12.2 Å². The quantitative estimate of drug-likeness (QED) is 0.340. The third-order valence-corrected chi connectivity index (χ3v) is 1.70. The lowest BCUT2D eigenvalue weighted by Crippen LogP contribution is -2.41. The zero-order valence-corrected chi connectivity index (χ0v) is 7.73. The molecule has 14 heavy (non-hydrogen) atoms. The lowest BCUT2D eigenvalue weighted by atomic mass is 10.1. The Hall–Kier alpha value is -1.40. The van der Waals surface area contributed by atoms with E-state index in [9.17, 15) is 10.1 Å². The van der Waals surface area contributed by atoms with Crippen LogP contribution in [0.15, 0.2) is 23.5 Å². The van der Waals surface area contributed by atoms with Crippen LogP contribution in [-0.4, -0.2) is 21.0 Å². The van der Waals surface area contributed by atoms with Gasteiger partial charge in [0.15, 0.2) is 0 Å². The second kappa shape index (κ2) is 3.77. The number of aliphatic hydroxyl groups is 2. The van der Waals surface area contributed by atoms with Gasteiger partial charge in [0.1, 0.15) is 0 Å². The Morgan fingerprint density at radius 1 is 1.64 bits per heavy atom. The second-order valence-electron chi connectivity index (χ2n) is 3.24. The summed E-state index contributed by atoms with van der Waals surface area (Å²) in [5.74, 6) is -2.04. The minimum atomic E-state index is -2.04. The standard InChI is InChI=1S/C8H12N2O4/c1-8(11,12)9-6-3-2-4-7(5-6)10(13)14/h4-5,9,11-12H,2-3H2,1H3. The Balaban J connectivity index is 2.72. The van der Waals surface area contributed by atoms with E-state index in [0.717, 1.165) is 6.92 Å². The molecule has 0 heterocycles. The minimum Gasteiger partial charge on any atom is -0.349 e. The van der Waals surface area contributed by atoms with E-state index < -0.39 is 10.8 Å². The Bertz CT molecular complexity index is 301. The molecule has 6 nitrogen and oxygen atoms in total. The lowest BCUT2D eigenvalue weighted by Gasteiger charge is -2.21. The third-order valence-electron chi connectivity index (χ3n) is 1.70. The van der Waals surface area contributed by atoms with Crippen molar-refractivity contribution in [2.45, 2.75) is 25.7 Å². The van der Waals surface area contributed by atoms with Crippen LogP contribution in [0.4, 0.5) is 0 Å². The fourth-order valence-corrected chi connectivity index (χ4v) is 1.22. The van der Waals surface area contributed by atoms with Crippen molar-refractivity contribution in [1.29, 1.82) is 0 Å². The lowest BCUT2D eigenvalue weighted by molar-refractivity contribution is -0.419. The molecular weight excluding hydrogens is 188 g/mol. The first-order valence-electron chi connectivity index (χ1n) is 4.16. The maximum atomic E-state index is 10.4. The SMILES string of the molecule is CC(O)(O)NC1=CC([N+](=O)[O-])=CCC1. The average molecular weight is 200 g/mol. The molecule has 0 atom stereocenters. The van der Waals surface area contributed by atoms with Gasteiger partial charge in [-0.3, -0.25) is 10.1 Å². The Morgan fingerprint density at radius 3 is 2.79 bits per heavy atom. The molecule has 78 valence electrons. The molecule has 0 bridgehead atoms. The Kier molecular flexibility index (Phi) is 2.87. The van der Waals surface area contributed by atoms with E-state index >= 15 is 0 Å². The number of nitrogens with zero attached hydrogens (tertiary/aromatic N) is 1. The molecule has 0 aromatic heterocycles. The highest BCUT2D eigenvalue weighted by atomic mass is 16.6. The zero-order chi connectivity index (χ0) is 10.8. The van der Waals surface area contributed by atoms with Crippen molar-refractivity contribution >= 4 is 0 Å². The normalized spacial score (nSPS) is 17.1. The van der Waals surface area contributed by atoms with Crippen molar-refractivity contribution in [3.8, 4) is 0 Å². The van der Waals surface area contributed by atoms with Gasteiger partial charge in [0.25, 0.3) is 5.70 Å². The second-order valence-corrected chi connectivity index (χ2v) is 3.24. The first kappa shape index (κ1) is 10.7. The van der Waals surface area contributed by atoms with Gasteiger partial charge >= 0.3 is 0 Å². The predicted octanol–water partition coefficient (Wildman–Crippen LogP) is 0.0726. The summed E-state index contributed by atoms with van der Waals surface area (Å²) >= 11 is 0. The molecule has 0 saturated heterocycles.